The summed E-state index contributed by atoms with van der Waals surface area (Å²) in [6, 6.07) is 3.98. The number of hydrogen-bond donors (Lipinski definition) is 1. The third kappa shape index (κ3) is 1.62. The lowest BCUT2D eigenvalue weighted by Gasteiger charge is -1.99. The van der Waals surface area contributed by atoms with Crippen molar-refractivity contribution < 1.29 is 9.18 Å². The minimum Gasteiger partial charge on any atom is -0.326 e. The van der Waals surface area contributed by atoms with E-state index in [2.05, 4.69) is 0 Å². The van der Waals surface area contributed by atoms with Gasteiger partial charge in [-0.2, -0.15) is 0 Å². The van der Waals surface area contributed by atoms with Crippen LogP contribution in [0, 0.1) is 5.82 Å². The monoisotopic (exact) mass is 153 g/mol. The van der Waals surface area contributed by atoms with E-state index in [9.17, 15) is 9.18 Å². The van der Waals surface area contributed by atoms with Crippen LogP contribution in [0.5, 0.6) is 0 Å². The van der Waals surface area contributed by atoms with E-state index >= 15 is 0 Å². The summed E-state index contributed by atoms with van der Waals surface area (Å²) in [5.74, 6) is -0.413. The van der Waals surface area contributed by atoms with Crippen LogP contribution in [0.2, 0.25) is 0 Å². The average Bonchev–Trinajstić information content (AvgIpc) is 2.04. The Morgan fingerprint density at radius 3 is 2.82 bits per heavy atom. The lowest BCUT2D eigenvalue weighted by Crippen LogP contribution is -2.00. The molecule has 0 aliphatic rings. The molecule has 0 unspecified atom stereocenters. The number of aldehydes is 1. The van der Waals surface area contributed by atoms with Gasteiger partial charge in [0.15, 0.2) is 0 Å². The van der Waals surface area contributed by atoms with Crippen LogP contribution in [-0.2, 0) is 6.54 Å². The van der Waals surface area contributed by atoms with Crippen LogP contribution in [-0.4, -0.2) is 6.29 Å². The molecule has 0 aliphatic heterocycles. The predicted molar refractivity (Wildman–Crippen MR) is 39.7 cm³/mol. The van der Waals surface area contributed by atoms with Gasteiger partial charge in [-0.15, -0.1) is 0 Å². The fraction of sp³-hybridized carbons (Fsp3) is 0.125. The van der Waals surface area contributed by atoms with Crippen LogP contribution in [0.3, 0.4) is 0 Å². The molecule has 2 N–H and O–H groups in total. The molecule has 0 amide bonds. The lowest BCUT2D eigenvalue weighted by atomic mass is 10.1. The van der Waals surface area contributed by atoms with E-state index in [1.165, 1.54) is 18.2 Å². The molecule has 3 heteroatoms. The molecule has 0 heterocycles. The Kier molecular flexibility index (Phi) is 2.33. The number of hydrogen-bond acceptors (Lipinski definition) is 2. The third-order valence-corrected chi connectivity index (χ3v) is 1.45. The lowest BCUT2D eigenvalue weighted by molar-refractivity contribution is 0.112. The van der Waals surface area contributed by atoms with Crippen molar-refractivity contribution in [2.45, 2.75) is 6.54 Å². The standard InChI is InChI=1S/C8H8FNO/c9-8-2-1-6(4-10)7(3-8)5-11/h1-3,5H,4,10H2. The summed E-state index contributed by atoms with van der Waals surface area (Å²) in [5.41, 5.74) is 6.29. The smallest absolute Gasteiger partial charge is 0.150 e. The number of benzene rings is 1. The summed E-state index contributed by atoms with van der Waals surface area (Å²) in [4.78, 5) is 10.3. The highest BCUT2D eigenvalue weighted by Gasteiger charge is 1.99. The molecular weight excluding hydrogens is 145 g/mol. The Bertz CT molecular complexity index is 273. The molecular formula is C8H8FNO. The fourth-order valence-electron chi connectivity index (χ4n) is 0.861. The Hall–Kier alpha value is -1.22. The summed E-state index contributed by atoms with van der Waals surface area (Å²) in [6.45, 7) is 0.258. The first-order valence-corrected chi connectivity index (χ1v) is 3.21. The van der Waals surface area contributed by atoms with Crippen LogP contribution in [0.15, 0.2) is 18.2 Å². The first kappa shape index (κ1) is 7.88. The Balaban J connectivity index is 3.16. The van der Waals surface area contributed by atoms with Crippen molar-refractivity contribution in [3.05, 3.63) is 35.1 Å². The zero-order chi connectivity index (χ0) is 8.27. The quantitative estimate of drug-likeness (QED) is 0.646. The second-order valence-corrected chi connectivity index (χ2v) is 2.17. The van der Waals surface area contributed by atoms with E-state index in [4.69, 9.17) is 5.73 Å². The van der Waals surface area contributed by atoms with E-state index in [1.54, 1.807) is 0 Å². The van der Waals surface area contributed by atoms with Crippen LogP contribution in [0.4, 0.5) is 4.39 Å². The maximum absolute atomic E-state index is 12.5. The van der Waals surface area contributed by atoms with Crippen molar-refractivity contribution >= 4 is 6.29 Å². The van der Waals surface area contributed by atoms with Crippen molar-refractivity contribution in [3.63, 3.8) is 0 Å². The highest BCUT2D eigenvalue weighted by Crippen LogP contribution is 2.07. The minimum absolute atomic E-state index is 0.258. The molecule has 1 rings (SSSR count). The van der Waals surface area contributed by atoms with Crippen molar-refractivity contribution in [1.82, 2.24) is 0 Å². The van der Waals surface area contributed by atoms with Crippen molar-refractivity contribution in [1.29, 1.82) is 0 Å². The Labute approximate surface area is 63.8 Å². The fourth-order valence-corrected chi connectivity index (χ4v) is 0.861. The number of rotatable bonds is 2. The van der Waals surface area contributed by atoms with Gasteiger partial charge in [0.2, 0.25) is 0 Å². The van der Waals surface area contributed by atoms with E-state index in [-0.39, 0.29) is 6.54 Å². The molecule has 0 aliphatic carbocycles. The van der Waals surface area contributed by atoms with Gasteiger partial charge in [0, 0.05) is 12.1 Å². The predicted octanol–water partition coefficient (Wildman–Crippen LogP) is 1.10. The average molecular weight is 153 g/mol. The van der Waals surface area contributed by atoms with Crippen LogP contribution in [0.1, 0.15) is 15.9 Å². The van der Waals surface area contributed by atoms with E-state index in [0.29, 0.717) is 17.4 Å². The van der Waals surface area contributed by atoms with Crippen LogP contribution < -0.4 is 5.73 Å². The van der Waals surface area contributed by atoms with Gasteiger partial charge in [-0.25, -0.2) is 4.39 Å². The molecule has 58 valence electrons. The van der Waals surface area contributed by atoms with Crippen molar-refractivity contribution in [2.24, 2.45) is 5.73 Å². The molecule has 0 bridgehead atoms. The van der Waals surface area contributed by atoms with Gasteiger partial charge in [0.05, 0.1) is 0 Å². The topological polar surface area (TPSA) is 43.1 Å². The van der Waals surface area contributed by atoms with Gasteiger partial charge in [0.1, 0.15) is 12.1 Å². The second-order valence-electron chi connectivity index (χ2n) is 2.17. The molecule has 1 aromatic carbocycles. The number of halogens is 1. The first-order valence-electron chi connectivity index (χ1n) is 3.21. The zero-order valence-corrected chi connectivity index (χ0v) is 5.88. The molecule has 0 spiro atoms. The Morgan fingerprint density at radius 2 is 2.27 bits per heavy atom. The van der Waals surface area contributed by atoms with Crippen molar-refractivity contribution in [3.8, 4) is 0 Å². The third-order valence-electron chi connectivity index (χ3n) is 1.45. The minimum atomic E-state index is -0.413. The van der Waals surface area contributed by atoms with Gasteiger partial charge in [-0.05, 0) is 17.7 Å². The Morgan fingerprint density at radius 1 is 1.55 bits per heavy atom. The number of nitrogens with two attached hydrogens (primary N) is 1. The summed E-state index contributed by atoms with van der Waals surface area (Å²) < 4.78 is 12.5. The largest absolute Gasteiger partial charge is 0.326 e. The maximum Gasteiger partial charge on any atom is 0.150 e. The normalized spacial score (nSPS) is 9.64. The van der Waals surface area contributed by atoms with Crippen LogP contribution >= 0.6 is 0 Å². The van der Waals surface area contributed by atoms with Crippen LogP contribution in [0.25, 0.3) is 0 Å². The summed E-state index contributed by atoms with van der Waals surface area (Å²) >= 11 is 0. The van der Waals surface area contributed by atoms with E-state index < -0.39 is 5.82 Å². The van der Waals surface area contributed by atoms with Gasteiger partial charge >= 0.3 is 0 Å². The zero-order valence-electron chi connectivity index (χ0n) is 5.88. The summed E-state index contributed by atoms with van der Waals surface area (Å²) in [7, 11) is 0. The molecule has 0 radical (unpaired) electrons. The van der Waals surface area contributed by atoms with E-state index in [1.807, 2.05) is 0 Å². The molecule has 0 fully saturated rings. The molecule has 0 atom stereocenters. The molecule has 1 aromatic rings. The summed E-state index contributed by atoms with van der Waals surface area (Å²) in [5, 5.41) is 0. The van der Waals surface area contributed by atoms with Crippen molar-refractivity contribution in [2.75, 3.05) is 0 Å². The van der Waals surface area contributed by atoms with Gasteiger partial charge < -0.3 is 5.73 Å². The summed E-state index contributed by atoms with van der Waals surface area (Å²) in [6.07, 6.45) is 0.602. The number of carbonyl (C=O) groups excluding carboxylic acids is 1. The highest BCUT2D eigenvalue weighted by atomic mass is 19.1. The SMILES string of the molecule is NCc1ccc(F)cc1C=O. The molecule has 11 heavy (non-hydrogen) atoms. The molecule has 0 saturated heterocycles. The number of carbonyl (C=O) groups is 1. The molecule has 2 nitrogen and oxygen atoms in total. The van der Waals surface area contributed by atoms with Gasteiger partial charge in [-0.3, -0.25) is 4.79 Å². The molecule has 0 aromatic heterocycles. The van der Waals surface area contributed by atoms with Gasteiger partial charge in [0.25, 0.3) is 0 Å². The maximum atomic E-state index is 12.5. The molecule has 0 saturated carbocycles. The van der Waals surface area contributed by atoms with E-state index in [0.717, 1.165) is 0 Å². The first-order chi connectivity index (χ1) is 5.27. The van der Waals surface area contributed by atoms with Gasteiger partial charge in [-0.1, -0.05) is 6.07 Å². The highest BCUT2D eigenvalue weighted by molar-refractivity contribution is 5.77. The second kappa shape index (κ2) is 3.25.